The Kier molecular flexibility index (Phi) is 2.36. The Hall–Kier alpha value is -0.830. The molecule has 1 heterocycles. The molecule has 1 aromatic heterocycles. The maximum atomic E-state index is 5.70. The standard InChI is InChI=1S/C9H12ClN3/c1-6-2-7(3-6)12-8-4-9(10)13-11-5-8/h4-7H,2-3H2,1H3,(H,12,13). The van der Waals surface area contributed by atoms with Gasteiger partial charge in [0.05, 0.1) is 11.9 Å². The monoisotopic (exact) mass is 197 g/mol. The molecule has 0 radical (unpaired) electrons. The van der Waals surface area contributed by atoms with Crippen LogP contribution in [0.15, 0.2) is 12.3 Å². The lowest BCUT2D eigenvalue weighted by atomic mass is 9.82. The number of rotatable bonds is 2. The van der Waals surface area contributed by atoms with E-state index < -0.39 is 0 Å². The van der Waals surface area contributed by atoms with E-state index in [1.165, 1.54) is 12.8 Å². The summed E-state index contributed by atoms with van der Waals surface area (Å²) in [6.45, 7) is 2.26. The van der Waals surface area contributed by atoms with E-state index in [1.807, 2.05) is 0 Å². The largest absolute Gasteiger partial charge is 0.381 e. The Morgan fingerprint density at radius 1 is 1.54 bits per heavy atom. The number of nitrogens with one attached hydrogen (secondary N) is 1. The smallest absolute Gasteiger partial charge is 0.153 e. The van der Waals surface area contributed by atoms with Crippen molar-refractivity contribution in [2.75, 3.05) is 5.32 Å². The van der Waals surface area contributed by atoms with Gasteiger partial charge in [-0.1, -0.05) is 18.5 Å². The highest BCUT2D eigenvalue weighted by molar-refractivity contribution is 6.29. The molecule has 2 rings (SSSR count). The van der Waals surface area contributed by atoms with Crippen LogP contribution in [0.2, 0.25) is 5.15 Å². The fourth-order valence-electron chi connectivity index (χ4n) is 1.68. The maximum Gasteiger partial charge on any atom is 0.153 e. The van der Waals surface area contributed by atoms with Crippen LogP contribution in [0.3, 0.4) is 0 Å². The van der Waals surface area contributed by atoms with Gasteiger partial charge in [0.2, 0.25) is 0 Å². The van der Waals surface area contributed by atoms with E-state index in [9.17, 15) is 0 Å². The highest BCUT2D eigenvalue weighted by atomic mass is 35.5. The van der Waals surface area contributed by atoms with Crippen molar-refractivity contribution in [3.63, 3.8) is 0 Å². The van der Waals surface area contributed by atoms with Crippen LogP contribution in [0.25, 0.3) is 0 Å². The van der Waals surface area contributed by atoms with Crippen LogP contribution in [0, 0.1) is 5.92 Å². The second-order valence-corrected chi connectivity index (χ2v) is 4.07. The van der Waals surface area contributed by atoms with Gasteiger partial charge in [-0.2, -0.15) is 5.10 Å². The molecule has 3 nitrogen and oxygen atoms in total. The number of aromatic nitrogens is 2. The summed E-state index contributed by atoms with van der Waals surface area (Å²) >= 11 is 5.70. The van der Waals surface area contributed by atoms with E-state index in [0.29, 0.717) is 11.2 Å². The highest BCUT2D eigenvalue weighted by Gasteiger charge is 2.24. The number of anilines is 1. The average Bonchev–Trinajstić information content (AvgIpc) is 2.01. The van der Waals surface area contributed by atoms with E-state index in [1.54, 1.807) is 12.3 Å². The number of nitrogens with zero attached hydrogens (tertiary/aromatic N) is 2. The third kappa shape index (κ3) is 2.10. The van der Waals surface area contributed by atoms with Crippen LogP contribution in [0.5, 0.6) is 0 Å². The van der Waals surface area contributed by atoms with Crippen LogP contribution in [0.1, 0.15) is 19.8 Å². The SMILES string of the molecule is CC1CC(Nc2cnnc(Cl)c2)C1. The summed E-state index contributed by atoms with van der Waals surface area (Å²) in [5, 5.41) is 11.3. The Bertz CT molecular complexity index is 297. The summed E-state index contributed by atoms with van der Waals surface area (Å²) in [6, 6.07) is 2.40. The van der Waals surface area contributed by atoms with Gasteiger partial charge in [-0.3, -0.25) is 0 Å². The Morgan fingerprint density at radius 3 is 2.92 bits per heavy atom. The van der Waals surface area contributed by atoms with Crippen LogP contribution >= 0.6 is 11.6 Å². The molecule has 1 aliphatic carbocycles. The predicted molar refractivity (Wildman–Crippen MR) is 52.9 cm³/mol. The molecule has 1 saturated carbocycles. The van der Waals surface area contributed by atoms with Gasteiger partial charge >= 0.3 is 0 Å². The summed E-state index contributed by atoms with van der Waals surface area (Å²) in [5.41, 5.74) is 0.969. The Morgan fingerprint density at radius 2 is 2.31 bits per heavy atom. The zero-order chi connectivity index (χ0) is 9.26. The van der Waals surface area contributed by atoms with Crippen LogP contribution in [-0.2, 0) is 0 Å². The van der Waals surface area contributed by atoms with E-state index >= 15 is 0 Å². The van der Waals surface area contributed by atoms with Gasteiger partial charge in [0.25, 0.3) is 0 Å². The fraction of sp³-hybridized carbons (Fsp3) is 0.556. The molecule has 0 spiro atoms. The first-order valence-electron chi connectivity index (χ1n) is 4.49. The minimum atomic E-state index is 0.442. The van der Waals surface area contributed by atoms with E-state index in [2.05, 4.69) is 22.4 Å². The molecule has 0 aliphatic heterocycles. The summed E-state index contributed by atoms with van der Waals surface area (Å²) in [5.74, 6) is 0.850. The van der Waals surface area contributed by atoms with Gasteiger partial charge < -0.3 is 5.32 Å². The molecule has 70 valence electrons. The fourth-order valence-corrected chi connectivity index (χ4v) is 1.84. The molecule has 0 saturated heterocycles. The summed E-state index contributed by atoms with van der Waals surface area (Å²) in [6.07, 6.45) is 4.18. The maximum absolute atomic E-state index is 5.70. The highest BCUT2D eigenvalue weighted by Crippen LogP contribution is 2.29. The first kappa shape index (κ1) is 8.75. The first-order chi connectivity index (χ1) is 6.24. The minimum absolute atomic E-state index is 0.442. The van der Waals surface area contributed by atoms with E-state index in [0.717, 1.165) is 11.6 Å². The topological polar surface area (TPSA) is 37.8 Å². The molecular weight excluding hydrogens is 186 g/mol. The molecule has 1 aromatic rings. The molecule has 0 amide bonds. The summed E-state index contributed by atoms with van der Waals surface area (Å²) in [7, 11) is 0. The third-order valence-electron chi connectivity index (χ3n) is 2.37. The van der Waals surface area contributed by atoms with E-state index in [4.69, 9.17) is 11.6 Å². The number of halogens is 1. The third-order valence-corrected chi connectivity index (χ3v) is 2.55. The molecule has 4 heteroatoms. The summed E-state index contributed by atoms with van der Waals surface area (Å²) in [4.78, 5) is 0. The lowest BCUT2D eigenvalue weighted by Crippen LogP contribution is -2.33. The van der Waals surface area contributed by atoms with Gasteiger partial charge in [-0.05, 0) is 18.8 Å². The number of hydrogen-bond acceptors (Lipinski definition) is 3. The molecule has 0 aromatic carbocycles. The lowest BCUT2D eigenvalue weighted by Gasteiger charge is -2.33. The second kappa shape index (κ2) is 3.50. The van der Waals surface area contributed by atoms with Gasteiger partial charge in [-0.25, -0.2) is 0 Å². The van der Waals surface area contributed by atoms with E-state index in [-0.39, 0.29) is 0 Å². The van der Waals surface area contributed by atoms with Crippen molar-refractivity contribution < 1.29 is 0 Å². The van der Waals surface area contributed by atoms with Crippen molar-refractivity contribution in [1.82, 2.24) is 10.2 Å². The molecular formula is C9H12ClN3. The van der Waals surface area contributed by atoms with Crippen LogP contribution in [-0.4, -0.2) is 16.2 Å². The molecule has 0 bridgehead atoms. The van der Waals surface area contributed by atoms with Crippen molar-refractivity contribution in [2.45, 2.75) is 25.8 Å². The summed E-state index contributed by atoms with van der Waals surface area (Å²) < 4.78 is 0. The van der Waals surface area contributed by atoms with Gasteiger partial charge in [0.1, 0.15) is 0 Å². The van der Waals surface area contributed by atoms with Crippen molar-refractivity contribution in [2.24, 2.45) is 5.92 Å². The first-order valence-corrected chi connectivity index (χ1v) is 4.86. The van der Waals surface area contributed by atoms with Gasteiger partial charge in [0, 0.05) is 12.1 Å². The van der Waals surface area contributed by atoms with Crippen molar-refractivity contribution in [3.8, 4) is 0 Å². The Labute approximate surface area is 82.5 Å². The van der Waals surface area contributed by atoms with Crippen LogP contribution in [0.4, 0.5) is 5.69 Å². The normalized spacial score (nSPS) is 26.6. The number of hydrogen-bond donors (Lipinski definition) is 1. The van der Waals surface area contributed by atoms with Crippen molar-refractivity contribution >= 4 is 17.3 Å². The zero-order valence-corrected chi connectivity index (χ0v) is 8.25. The molecule has 1 aliphatic rings. The minimum Gasteiger partial charge on any atom is -0.381 e. The van der Waals surface area contributed by atoms with Crippen LogP contribution < -0.4 is 5.32 Å². The molecule has 0 atom stereocenters. The molecule has 13 heavy (non-hydrogen) atoms. The molecule has 1 N–H and O–H groups in total. The van der Waals surface area contributed by atoms with Gasteiger partial charge in [-0.15, -0.1) is 5.10 Å². The van der Waals surface area contributed by atoms with Crippen molar-refractivity contribution in [3.05, 3.63) is 17.4 Å². The Balaban J connectivity index is 1.94. The van der Waals surface area contributed by atoms with Gasteiger partial charge in [0.15, 0.2) is 5.15 Å². The molecule has 1 fully saturated rings. The van der Waals surface area contributed by atoms with Crippen molar-refractivity contribution in [1.29, 1.82) is 0 Å². The second-order valence-electron chi connectivity index (χ2n) is 3.68. The quantitative estimate of drug-likeness (QED) is 0.791. The lowest BCUT2D eigenvalue weighted by molar-refractivity contribution is 0.309. The zero-order valence-electron chi connectivity index (χ0n) is 7.50. The predicted octanol–water partition coefficient (Wildman–Crippen LogP) is 2.34. The molecule has 0 unspecified atom stereocenters. The average molecular weight is 198 g/mol.